The molecular formula is C43H60O11. The number of hydrogen-bond acceptors (Lipinski definition) is 11. The van der Waals surface area contributed by atoms with Crippen LogP contribution in [0.25, 0.3) is 0 Å². The average Bonchev–Trinajstić information content (AvgIpc) is 3.18. The number of ether oxygens (including phenoxy) is 9. The molecule has 3 aromatic carbocycles. The fourth-order valence-electron chi connectivity index (χ4n) is 5.78. The summed E-state index contributed by atoms with van der Waals surface area (Å²) in [6, 6.07) is 10.4. The molecule has 1 heterocycles. The third-order valence-corrected chi connectivity index (χ3v) is 8.26. The molecule has 0 aliphatic carbocycles. The zero-order valence-corrected chi connectivity index (χ0v) is 33.3. The molecule has 0 radical (unpaired) electrons. The number of esters is 1. The zero-order valence-electron chi connectivity index (χ0n) is 33.3. The highest BCUT2D eigenvalue weighted by molar-refractivity contribution is 5.91. The monoisotopic (exact) mass is 752 g/mol. The summed E-state index contributed by atoms with van der Waals surface area (Å²) in [5, 5.41) is 11.3. The van der Waals surface area contributed by atoms with Gasteiger partial charge in [0, 0.05) is 29.7 Å². The smallest absolute Gasteiger partial charge is 0.338 e. The Hall–Kier alpha value is -4.67. The van der Waals surface area contributed by atoms with Crippen LogP contribution in [0.4, 0.5) is 0 Å². The molecule has 0 saturated heterocycles. The SMILES string of the molecule is CCCOc1cc(OCCC)c2c(c1)O[C@H](c1cc(O)c(OCCC)c(OCCC)c1)[C@H](OC(=O)c1cc(OCCC)c(OCCC)c(OCCC)c1)C2. The third-order valence-electron chi connectivity index (χ3n) is 8.26. The normalized spacial score (nSPS) is 14.7. The minimum absolute atomic E-state index is 0.100. The van der Waals surface area contributed by atoms with Crippen molar-refractivity contribution in [2.75, 3.05) is 46.2 Å². The summed E-state index contributed by atoms with van der Waals surface area (Å²) >= 11 is 0. The van der Waals surface area contributed by atoms with Gasteiger partial charge in [-0.2, -0.15) is 0 Å². The molecule has 0 fully saturated rings. The Balaban J connectivity index is 1.83. The highest BCUT2D eigenvalue weighted by Crippen LogP contribution is 2.47. The lowest BCUT2D eigenvalue weighted by Gasteiger charge is -2.35. The molecule has 1 N–H and O–H groups in total. The van der Waals surface area contributed by atoms with Gasteiger partial charge in [-0.05, 0) is 69.2 Å². The molecule has 4 rings (SSSR count). The fraction of sp³-hybridized carbons (Fsp3) is 0.558. The maximum Gasteiger partial charge on any atom is 0.338 e. The quantitative estimate of drug-likeness (QED) is 0.0881. The van der Waals surface area contributed by atoms with Gasteiger partial charge in [-0.15, -0.1) is 0 Å². The van der Waals surface area contributed by atoms with E-state index in [2.05, 4.69) is 0 Å². The summed E-state index contributed by atoms with van der Waals surface area (Å²) < 4.78 is 55.6. The highest BCUT2D eigenvalue weighted by atomic mass is 16.6. The minimum Gasteiger partial charge on any atom is -0.504 e. The molecular weight excluding hydrogens is 692 g/mol. The van der Waals surface area contributed by atoms with Crippen LogP contribution in [-0.4, -0.2) is 63.4 Å². The number of benzene rings is 3. The molecule has 0 unspecified atom stereocenters. The Morgan fingerprint density at radius 2 is 1.07 bits per heavy atom. The third kappa shape index (κ3) is 11.2. The van der Waals surface area contributed by atoms with Crippen molar-refractivity contribution in [1.82, 2.24) is 0 Å². The van der Waals surface area contributed by atoms with Gasteiger partial charge in [0.05, 0.1) is 51.8 Å². The molecule has 1 aliphatic rings. The van der Waals surface area contributed by atoms with Crippen LogP contribution in [0, 0.1) is 0 Å². The highest BCUT2D eigenvalue weighted by Gasteiger charge is 2.38. The van der Waals surface area contributed by atoms with E-state index in [1.165, 1.54) is 0 Å². The maximum absolute atomic E-state index is 14.3. The molecule has 3 aromatic rings. The number of phenolic OH excluding ortho intramolecular Hbond substituents is 1. The van der Waals surface area contributed by atoms with Gasteiger partial charge in [0.2, 0.25) is 11.5 Å². The molecule has 0 amide bonds. The Morgan fingerprint density at radius 1 is 0.593 bits per heavy atom. The van der Waals surface area contributed by atoms with Crippen LogP contribution in [0.15, 0.2) is 36.4 Å². The number of hydrogen-bond donors (Lipinski definition) is 1. The molecule has 0 saturated carbocycles. The Kier molecular flexibility index (Phi) is 17.1. The van der Waals surface area contributed by atoms with Crippen molar-refractivity contribution in [3.63, 3.8) is 0 Å². The number of aromatic hydroxyl groups is 1. The standard InChI is InChI=1S/C43H60O11/c1-8-15-46-31-26-34(47-16-9-2)32-28-39(40(53-35(32)27-31)29-22-33(44)41(51-20-13-6)36(23-29)48-17-10-3)54-43(45)30-24-37(49-18-11-4)42(52-21-14-7)38(25-30)50-19-12-5/h22-27,39-40,44H,8-21,28H2,1-7H3/t39-,40-/m1/s1. The Labute approximate surface area is 321 Å². The number of phenols is 1. The van der Waals surface area contributed by atoms with Crippen LogP contribution in [-0.2, 0) is 11.2 Å². The first-order valence-electron chi connectivity index (χ1n) is 19.8. The molecule has 298 valence electrons. The lowest BCUT2D eigenvalue weighted by molar-refractivity contribution is -0.0190. The average molecular weight is 753 g/mol. The van der Waals surface area contributed by atoms with Gasteiger partial charge in [-0.1, -0.05) is 48.5 Å². The van der Waals surface area contributed by atoms with Crippen LogP contribution >= 0.6 is 0 Å². The van der Waals surface area contributed by atoms with Crippen molar-refractivity contribution in [3.8, 4) is 51.7 Å². The molecule has 0 spiro atoms. The topological polar surface area (TPSA) is 120 Å². The Morgan fingerprint density at radius 3 is 1.63 bits per heavy atom. The molecule has 0 bridgehead atoms. The molecule has 54 heavy (non-hydrogen) atoms. The number of fused-ring (bicyclic) bond motifs is 1. The van der Waals surface area contributed by atoms with Crippen LogP contribution < -0.4 is 37.9 Å². The van der Waals surface area contributed by atoms with E-state index in [1.54, 1.807) is 24.3 Å². The van der Waals surface area contributed by atoms with Gasteiger partial charge in [0.25, 0.3) is 0 Å². The van der Waals surface area contributed by atoms with Gasteiger partial charge in [-0.3, -0.25) is 0 Å². The van der Waals surface area contributed by atoms with Crippen LogP contribution in [0.5, 0.6) is 51.7 Å². The molecule has 1 aliphatic heterocycles. The van der Waals surface area contributed by atoms with E-state index < -0.39 is 18.2 Å². The van der Waals surface area contributed by atoms with Crippen molar-refractivity contribution >= 4 is 5.97 Å². The second-order valence-electron chi connectivity index (χ2n) is 13.2. The first kappa shape index (κ1) is 42.1. The summed E-state index contributed by atoms with van der Waals surface area (Å²) in [5.41, 5.74) is 1.53. The predicted octanol–water partition coefficient (Wildman–Crippen LogP) is 9.82. The lowest BCUT2D eigenvalue weighted by atomic mass is 9.93. The van der Waals surface area contributed by atoms with Crippen LogP contribution in [0.2, 0.25) is 0 Å². The van der Waals surface area contributed by atoms with E-state index in [9.17, 15) is 9.90 Å². The molecule has 2 atom stereocenters. The largest absolute Gasteiger partial charge is 0.504 e. The summed E-state index contributed by atoms with van der Waals surface area (Å²) in [4.78, 5) is 14.3. The second-order valence-corrected chi connectivity index (χ2v) is 13.2. The van der Waals surface area contributed by atoms with E-state index in [0.717, 1.165) is 50.5 Å². The Bertz CT molecular complexity index is 1590. The van der Waals surface area contributed by atoms with E-state index >= 15 is 0 Å². The number of carbonyl (C=O) groups is 1. The van der Waals surface area contributed by atoms with Crippen molar-refractivity contribution in [3.05, 3.63) is 53.1 Å². The van der Waals surface area contributed by atoms with E-state index in [1.807, 2.05) is 60.6 Å². The first-order chi connectivity index (χ1) is 26.3. The van der Waals surface area contributed by atoms with E-state index in [-0.39, 0.29) is 23.5 Å². The summed E-state index contributed by atoms with van der Waals surface area (Å²) in [5.74, 6) is 2.96. The van der Waals surface area contributed by atoms with Crippen molar-refractivity contribution in [1.29, 1.82) is 0 Å². The van der Waals surface area contributed by atoms with Crippen molar-refractivity contribution in [2.45, 2.75) is 112 Å². The predicted molar refractivity (Wildman–Crippen MR) is 208 cm³/mol. The lowest BCUT2D eigenvalue weighted by Crippen LogP contribution is -2.35. The fourth-order valence-corrected chi connectivity index (χ4v) is 5.78. The molecule has 11 nitrogen and oxygen atoms in total. The van der Waals surface area contributed by atoms with E-state index in [4.69, 9.17) is 42.6 Å². The van der Waals surface area contributed by atoms with Gasteiger partial charge < -0.3 is 47.7 Å². The first-order valence-corrected chi connectivity index (χ1v) is 19.8. The van der Waals surface area contributed by atoms with Gasteiger partial charge >= 0.3 is 5.97 Å². The number of rotatable bonds is 24. The summed E-state index contributed by atoms with van der Waals surface area (Å²) in [6.45, 7) is 17.3. The van der Waals surface area contributed by atoms with E-state index in [0.29, 0.717) is 92.1 Å². The van der Waals surface area contributed by atoms with Gasteiger partial charge in [0.1, 0.15) is 23.4 Å². The zero-order chi connectivity index (χ0) is 38.9. The van der Waals surface area contributed by atoms with Crippen LogP contribution in [0.1, 0.15) is 121 Å². The summed E-state index contributed by atoms with van der Waals surface area (Å²) in [6.07, 6.45) is 4.01. The van der Waals surface area contributed by atoms with Gasteiger partial charge in [0.15, 0.2) is 29.1 Å². The van der Waals surface area contributed by atoms with Crippen LogP contribution in [0.3, 0.4) is 0 Å². The summed E-state index contributed by atoms with van der Waals surface area (Å²) in [7, 11) is 0. The van der Waals surface area contributed by atoms with Gasteiger partial charge in [-0.25, -0.2) is 4.79 Å². The molecule has 0 aromatic heterocycles. The minimum atomic E-state index is -0.853. The van der Waals surface area contributed by atoms with Crippen molar-refractivity contribution < 1.29 is 52.5 Å². The van der Waals surface area contributed by atoms with Crippen molar-refractivity contribution in [2.24, 2.45) is 0 Å². The molecule has 11 heteroatoms. The second kappa shape index (κ2) is 21.9. The maximum atomic E-state index is 14.3. The number of carbonyl (C=O) groups excluding carboxylic acids is 1.